The first-order chi connectivity index (χ1) is 8.47. The maximum Gasteiger partial charge on any atom is 0.354 e. The van der Waals surface area contributed by atoms with Crippen molar-refractivity contribution in [1.82, 2.24) is 9.97 Å². The molecule has 4 nitrogen and oxygen atoms in total. The monoisotopic (exact) mass is 266 g/mol. The molecule has 0 bridgehead atoms. The van der Waals surface area contributed by atoms with Crippen molar-refractivity contribution in [1.29, 1.82) is 0 Å². The molecule has 1 aromatic heterocycles. The van der Waals surface area contributed by atoms with E-state index in [1.807, 2.05) is 0 Å². The molecule has 1 heterocycles. The zero-order valence-corrected chi connectivity index (χ0v) is 10.1. The van der Waals surface area contributed by atoms with Gasteiger partial charge < -0.3 is 5.11 Å². The van der Waals surface area contributed by atoms with E-state index in [9.17, 15) is 9.18 Å². The van der Waals surface area contributed by atoms with Crippen LogP contribution in [0, 0.1) is 12.7 Å². The Bertz CT molecular complexity index is 631. The van der Waals surface area contributed by atoms with Crippen molar-refractivity contribution in [3.8, 4) is 11.4 Å². The number of aryl methyl sites for hydroxylation is 1. The van der Waals surface area contributed by atoms with E-state index in [1.54, 1.807) is 6.92 Å². The van der Waals surface area contributed by atoms with Crippen LogP contribution in [0.5, 0.6) is 0 Å². The minimum absolute atomic E-state index is 0.0272. The summed E-state index contributed by atoms with van der Waals surface area (Å²) in [6, 6.07) is 5.44. The number of hydrogen-bond acceptors (Lipinski definition) is 3. The molecule has 0 atom stereocenters. The fraction of sp³-hybridized carbons (Fsp3) is 0.0833. The van der Waals surface area contributed by atoms with Gasteiger partial charge in [0.2, 0.25) is 0 Å². The minimum Gasteiger partial charge on any atom is -0.477 e. The van der Waals surface area contributed by atoms with Gasteiger partial charge in [0, 0.05) is 11.6 Å². The summed E-state index contributed by atoms with van der Waals surface area (Å²) in [5.41, 5.74) is 0.735. The quantitative estimate of drug-likeness (QED) is 0.849. The average molecular weight is 267 g/mol. The van der Waals surface area contributed by atoms with E-state index in [0.29, 0.717) is 11.1 Å². The normalized spacial score (nSPS) is 10.4. The first-order valence-corrected chi connectivity index (χ1v) is 5.39. The highest BCUT2D eigenvalue weighted by molar-refractivity contribution is 6.29. The second-order valence-electron chi connectivity index (χ2n) is 3.67. The molecule has 0 fully saturated rings. The van der Waals surface area contributed by atoms with Crippen molar-refractivity contribution in [3.05, 3.63) is 46.5 Å². The van der Waals surface area contributed by atoms with Crippen LogP contribution >= 0.6 is 11.6 Å². The number of carbonyl (C=O) groups is 1. The summed E-state index contributed by atoms with van der Waals surface area (Å²) >= 11 is 5.73. The number of rotatable bonds is 2. The van der Waals surface area contributed by atoms with Crippen molar-refractivity contribution in [2.24, 2.45) is 0 Å². The van der Waals surface area contributed by atoms with Crippen LogP contribution < -0.4 is 0 Å². The Morgan fingerprint density at radius 1 is 1.33 bits per heavy atom. The van der Waals surface area contributed by atoms with Crippen molar-refractivity contribution in [2.75, 3.05) is 0 Å². The summed E-state index contributed by atoms with van der Waals surface area (Å²) < 4.78 is 13.1. The highest BCUT2D eigenvalue weighted by atomic mass is 35.5. The molecule has 2 rings (SSSR count). The molecule has 0 aliphatic carbocycles. The van der Waals surface area contributed by atoms with Gasteiger partial charge in [0.1, 0.15) is 11.0 Å². The molecule has 0 saturated carbocycles. The van der Waals surface area contributed by atoms with Gasteiger partial charge in [-0.2, -0.15) is 0 Å². The van der Waals surface area contributed by atoms with E-state index in [4.69, 9.17) is 16.7 Å². The van der Waals surface area contributed by atoms with Gasteiger partial charge in [-0.15, -0.1) is 0 Å². The highest BCUT2D eigenvalue weighted by Gasteiger charge is 2.11. The largest absolute Gasteiger partial charge is 0.477 e. The van der Waals surface area contributed by atoms with E-state index in [2.05, 4.69) is 9.97 Å². The van der Waals surface area contributed by atoms with Crippen molar-refractivity contribution < 1.29 is 14.3 Å². The van der Waals surface area contributed by atoms with Crippen LogP contribution in [0.15, 0.2) is 24.3 Å². The Labute approximate surface area is 107 Å². The van der Waals surface area contributed by atoms with E-state index in [1.165, 1.54) is 18.2 Å². The molecule has 18 heavy (non-hydrogen) atoms. The lowest BCUT2D eigenvalue weighted by Crippen LogP contribution is -2.03. The Kier molecular flexibility index (Phi) is 3.25. The third kappa shape index (κ3) is 2.46. The van der Waals surface area contributed by atoms with Crippen LogP contribution in [-0.4, -0.2) is 21.0 Å². The van der Waals surface area contributed by atoms with E-state index < -0.39 is 5.97 Å². The number of benzene rings is 1. The fourth-order valence-corrected chi connectivity index (χ4v) is 1.62. The predicted molar refractivity (Wildman–Crippen MR) is 64.1 cm³/mol. The van der Waals surface area contributed by atoms with Gasteiger partial charge >= 0.3 is 5.97 Å². The van der Waals surface area contributed by atoms with Crippen LogP contribution in [0.3, 0.4) is 0 Å². The minimum atomic E-state index is -1.20. The number of aromatic carboxylic acids is 1. The van der Waals surface area contributed by atoms with Gasteiger partial charge in [0.05, 0.1) is 0 Å². The molecule has 0 spiro atoms. The summed E-state index contributed by atoms with van der Waals surface area (Å²) in [6.45, 7) is 1.60. The number of nitrogens with zero attached hydrogens (tertiary/aromatic N) is 2. The number of carboxylic acid groups (broad SMARTS) is 1. The van der Waals surface area contributed by atoms with E-state index >= 15 is 0 Å². The lowest BCUT2D eigenvalue weighted by atomic mass is 10.1. The Balaban J connectivity index is 2.56. The SMILES string of the molecule is Cc1cc(-c2nc(Cl)cc(C(=O)O)n2)ccc1F. The summed E-state index contributed by atoms with van der Waals surface area (Å²) in [6.07, 6.45) is 0. The molecule has 0 amide bonds. The molecule has 1 N–H and O–H groups in total. The van der Waals surface area contributed by atoms with Gasteiger partial charge in [0.15, 0.2) is 11.5 Å². The molecule has 92 valence electrons. The summed E-state index contributed by atoms with van der Waals surface area (Å²) in [4.78, 5) is 18.6. The van der Waals surface area contributed by atoms with Crippen LogP contribution in [0.1, 0.15) is 16.1 Å². The molecule has 6 heteroatoms. The van der Waals surface area contributed by atoms with Crippen molar-refractivity contribution >= 4 is 17.6 Å². The van der Waals surface area contributed by atoms with Gasteiger partial charge in [-0.05, 0) is 30.7 Å². The van der Waals surface area contributed by atoms with Gasteiger partial charge in [0.25, 0.3) is 0 Å². The predicted octanol–water partition coefficient (Wildman–Crippen LogP) is 2.94. The summed E-state index contributed by atoms with van der Waals surface area (Å²) in [7, 11) is 0. The molecule has 0 aliphatic heterocycles. The molecular weight excluding hydrogens is 259 g/mol. The molecule has 0 aliphatic rings. The Hall–Kier alpha value is -2.01. The molecule has 1 aromatic carbocycles. The fourth-order valence-electron chi connectivity index (χ4n) is 1.44. The second-order valence-corrected chi connectivity index (χ2v) is 4.06. The third-order valence-electron chi connectivity index (χ3n) is 2.33. The summed E-state index contributed by atoms with van der Waals surface area (Å²) in [5, 5.41) is 8.90. The Morgan fingerprint density at radius 2 is 2.06 bits per heavy atom. The van der Waals surface area contributed by atoms with E-state index in [0.717, 1.165) is 6.07 Å². The van der Waals surface area contributed by atoms with Crippen molar-refractivity contribution in [2.45, 2.75) is 6.92 Å². The zero-order chi connectivity index (χ0) is 13.3. The van der Waals surface area contributed by atoms with Crippen molar-refractivity contribution in [3.63, 3.8) is 0 Å². The molecule has 0 radical (unpaired) electrons. The zero-order valence-electron chi connectivity index (χ0n) is 9.32. The maximum atomic E-state index is 13.1. The van der Waals surface area contributed by atoms with Gasteiger partial charge in [-0.25, -0.2) is 19.2 Å². The third-order valence-corrected chi connectivity index (χ3v) is 2.52. The lowest BCUT2D eigenvalue weighted by Gasteiger charge is -2.04. The van der Waals surface area contributed by atoms with Gasteiger partial charge in [-0.1, -0.05) is 11.6 Å². The smallest absolute Gasteiger partial charge is 0.354 e. The Morgan fingerprint density at radius 3 is 2.67 bits per heavy atom. The second kappa shape index (κ2) is 4.70. The number of hydrogen-bond donors (Lipinski definition) is 1. The maximum absolute atomic E-state index is 13.1. The van der Waals surface area contributed by atoms with Crippen LogP contribution in [0.2, 0.25) is 5.15 Å². The van der Waals surface area contributed by atoms with Gasteiger partial charge in [-0.3, -0.25) is 0 Å². The number of halogens is 2. The number of aromatic nitrogens is 2. The summed E-state index contributed by atoms with van der Waals surface area (Å²) in [5.74, 6) is -1.39. The van der Waals surface area contributed by atoms with E-state index in [-0.39, 0.29) is 22.5 Å². The first-order valence-electron chi connectivity index (χ1n) is 5.02. The number of carboxylic acids is 1. The lowest BCUT2D eigenvalue weighted by molar-refractivity contribution is 0.0690. The van der Waals surface area contributed by atoms with Crippen LogP contribution in [-0.2, 0) is 0 Å². The van der Waals surface area contributed by atoms with Crippen LogP contribution in [0.4, 0.5) is 4.39 Å². The molecule has 2 aromatic rings. The topological polar surface area (TPSA) is 63.1 Å². The molecule has 0 unspecified atom stereocenters. The molecule has 0 saturated heterocycles. The first kappa shape index (κ1) is 12.4. The standard InChI is InChI=1S/C12H8ClFN2O2/c1-6-4-7(2-3-8(6)14)11-15-9(12(17)18)5-10(13)16-11/h2-5H,1H3,(H,17,18). The highest BCUT2D eigenvalue weighted by Crippen LogP contribution is 2.20. The van der Waals surface area contributed by atoms with Crippen LogP contribution in [0.25, 0.3) is 11.4 Å². The molecular formula is C12H8ClFN2O2. The average Bonchev–Trinajstić information content (AvgIpc) is 2.31.